The maximum absolute atomic E-state index is 11.2. The van der Waals surface area contributed by atoms with Crippen LogP contribution in [0.2, 0.25) is 0 Å². The molecule has 1 aromatic carbocycles. The third-order valence-electron chi connectivity index (χ3n) is 1.45. The van der Waals surface area contributed by atoms with Crippen LogP contribution < -0.4 is 5.32 Å². The number of hydrogen-bond donors (Lipinski definition) is 1. The highest BCUT2D eigenvalue weighted by atomic mass is 125. The summed E-state index contributed by atoms with van der Waals surface area (Å²) in [4.78, 5) is 21.2. The van der Waals surface area contributed by atoms with E-state index >= 15 is 0 Å². The molecule has 1 amide bonds. The lowest BCUT2D eigenvalue weighted by atomic mass is 10.2. The summed E-state index contributed by atoms with van der Waals surface area (Å²) in [5.41, 5.74) is 0.572. The van der Waals surface area contributed by atoms with Gasteiger partial charge in [0.2, 0.25) is 0 Å². The van der Waals surface area contributed by atoms with Gasteiger partial charge in [-0.3, -0.25) is 4.79 Å². The van der Waals surface area contributed by atoms with E-state index in [4.69, 9.17) is 0 Å². The van der Waals surface area contributed by atoms with Crippen molar-refractivity contribution in [1.29, 1.82) is 0 Å². The zero-order valence-electron chi connectivity index (χ0n) is 6.79. The normalized spacial score (nSPS) is 9.31. The largest absolute Gasteiger partial charge is 0.345 e. The van der Waals surface area contributed by atoms with E-state index in [9.17, 15) is 9.59 Å². The lowest BCUT2D eigenvalue weighted by Crippen LogP contribution is -2.24. The lowest BCUT2D eigenvalue weighted by molar-refractivity contribution is -0.107. The predicted molar refractivity (Wildman–Crippen MR) is 57.6 cm³/mol. The number of amides is 1. The van der Waals surface area contributed by atoms with Crippen molar-refractivity contribution in [2.45, 2.75) is 0 Å². The molecule has 0 bridgehead atoms. The molecule has 0 atom stereocenters. The molecular weight excluding hydrogens is 279 g/mol. The van der Waals surface area contributed by atoms with Crippen molar-refractivity contribution in [3.8, 4) is 0 Å². The first-order valence-electron chi connectivity index (χ1n) is 3.71. The van der Waals surface area contributed by atoms with Crippen molar-refractivity contribution in [3.63, 3.8) is 0 Å². The van der Waals surface area contributed by atoms with Crippen LogP contribution in [-0.2, 0) is 4.79 Å². The fourth-order valence-corrected chi connectivity index (χ4v) is 1.20. The Bertz CT molecular complexity index is 308. The zero-order chi connectivity index (χ0) is 9.68. The van der Waals surface area contributed by atoms with Crippen LogP contribution in [0.25, 0.3) is 0 Å². The first-order valence-corrected chi connectivity index (χ1v) is 4.79. The number of aldehydes is 1. The number of rotatable bonds is 3. The van der Waals surface area contributed by atoms with Gasteiger partial charge in [-0.15, -0.1) is 0 Å². The summed E-state index contributed by atoms with van der Waals surface area (Å²) in [5.74, 6) is -0.219. The molecule has 0 saturated heterocycles. The minimum Gasteiger partial charge on any atom is -0.345 e. The maximum Gasteiger partial charge on any atom is 0.251 e. The van der Waals surface area contributed by atoms with Crippen molar-refractivity contribution in [1.82, 2.24) is 5.32 Å². The average Bonchev–Trinajstić information content (AvgIpc) is 2.15. The van der Waals surface area contributed by atoms with E-state index in [1.54, 1.807) is 12.1 Å². The predicted octanol–water partition coefficient (Wildman–Crippen LogP) is 1.22. The molecular formula is C9H8INO2. The topological polar surface area (TPSA) is 46.2 Å². The standard InChI is InChI=1S/C9H8INO2/c10-8-3-1-7(2-4-8)9(13)11-5-6-12/h1-4,6H,5H2,(H,11,13)/i10-2. The second-order valence-electron chi connectivity index (χ2n) is 2.38. The number of halogens is 1. The first kappa shape index (κ1) is 10.2. The Hall–Kier alpha value is -0.910. The van der Waals surface area contributed by atoms with E-state index in [1.807, 2.05) is 12.1 Å². The highest BCUT2D eigenvalue weighted by Gasteiger charge is 2.02. The Morgan fingerprint density at radius 1 is 1.38 bits per heavy atom. The molecule has 0 aliphatic heterocycles. The Balaban J connectivity index is 2.66. The van der Waals surface area contributed by atoms with Gasteiger partial charge in [-0.1, -0.05) is 0 Å². The van der Waals surface area contributed by atoms with E-state index in [0.717, 1.165) is 3.57 Å². The molecule has 0 unspecified atom stereocenters. The highest BCUT2D eigenvalue weighted by Crippen LogP contribution is 2.06. The molecule has 1 rings (SSSR count). The van der Waals surface area contributed by atoms with Crippen molar-refractivity contribution in [2.24, 2.45) is 0 Å². The Morgan fingerprint density at radius 3 is 2.54 bits per heavy atom. The van der Waals surface area contributed by atoms with Gasteiger partial charge in [0, 0.05) is 9.13 Å². The van der Waals surface area contributed by atoms with Gasteiger partial charge in [-0.25, -0.2) is 0 Å². The third kappa shape index (κ3) is 3.14. The molecule has 0 aromatic heterocycles. The van der Waals surface area contributed by atoms with Crippen molar-refractivity contribution >= 4 is 34.8 Å². The number of nitrogens with one attached hydrogen (secondary N) is 1. The summed E-state index contributed by atoms with van der Waals surface area (Å²) in [5, 5.41) is 2.46. The number of hydrogen-bond acceptors (Lipinski definition) is 2. The fraction of sp³-hybridized carbons (Fsp3) is 0.111. The average molecular weight is 287 g/mol. The molecule has 13 heavy (non-hydrogen) atoms. The van der Waals surface area contributed by atoms with Gasteiger partial charge in [-0.05, 0) is 46.9 Å². The minimum absolute atomic E-state index is 0.0603. The van der Waals surface area contributed by atoms with E-state index in [-0.39, 0.29) is 12.5 Å². The second kappa shape index (κ2) is 4.96. The molecule has 4 heteroatoms. The third-order valence-corrected chi connectivity index (χ3v) is 2.17. The molecule has 0 spiro atoms. The van der Waals surface area contributed by atoms with Crippen LogP contribution in [0.4, 0.5) is 0 Å². The summed E-state index contributed by atoms with van der Waals surface area (Å²) in [6.07, 6.45) is 0.657. The molecule has 1 aromatic rings. The van der Waals surface area contributed by atoms with E-state index < -0.39 is 0 Å². The van der Waals surface area contributed by atoms with Crippen LogP contribution in [0, 0.1) is 3.57 Å². The van der Waals surface area contributed by atoms with Gasteiger partial charge in [0.15, 0.2) is 0 Å². The monoisotopic (exact) mass is 287 g/mol. The van der Waals surface area contributed by atoms with Crippen LogP contribution in [0.3, 0.4) is 0 Å². The van der Waals surface area contributed by atoms with Crippen LogP contribution in [0.5, 0.6) is 0 Å². The fourth-order valence-electron chi connectivity index (χ4n) is 0.838. The number of benzene rings is 1. The molecule has 0 radical (unpaired) electrons. The van der Waals surface area contributed by atoms with Gasteiger partial charge >= 0.3 is 0 Å². The molecule has 68 valence electrons. The highest BCUT2D eigenvalue weighted by molar-refractivity contribution is 14.1. The maximum atomic E-state index is 11.2. The van der Waals surface area contributed by atoms with Gasteiger partial charge in [0.25, 0.3) is 5.91 Å². The van der Waals surface area contributed by atoms with Gasteiger partial charge in [0.1, 0.15) is 6.29 Å². The molecule has 3 nitrogen and oxygen atoms in total. The first-order chi connectivity index (χ1) is 6.24. The van der Waals surface area contributed by atoms with Crippen LogP contribution in [-0.4, -0.2) is 18.7 Å². The SMILES string of the molecule is O=CCNC(=O)c1ccc([125I])cc1. The van der Waals surface area contributed by atoms with Gasteiger partial charge < -0.3 is 10.1 Å². The molecule has 0 fully saturated rings. The Labute approximate surface area is 89.7 Å². The molecule has 0 aliphatic rings. The summed E-state index contributed by atoms with van der Waals surface area (Å²) in [6.45, 7) is 0.0603. The van der Waals surface area contributed by atoms with Crippen molar-refractivity contribution in [3.05, 3.63) is 33.4 Å². The molecule has 0 saturated carbocycles. The zero-order valence-corrected chi connectivity index (χ0v) is 8.95. The Kier molecular flexibility index (Phi) is 3.88. The van der Waals surface area contributed by atoms with Gasteiger partial charge in [-0.2, -0.15) is 0 Å². The summed E-state index contributed by atoms with van der Waals surface area (Å²) in [6, 6.07) is 7.14. The summed E-state index contributed by atoms with van der Waals surface area (Å²) < 4.78 is 1.07. The minimum atomic E-state index is -0.219. The number of carbonyl (C=O) groups excluding carboxylic acids is 2. The molecule has 1 N–H and O–H groups in total. The number of carbonyl (C=O) groups is 2. The van der Waals surface area contributed by atoms with E-state index in [0.29, 0.717) is 11.8 Å². The van der Waals surface area contributed by atoms with Crippen molar-refractivity contribution < 1.29 is 9.59 Å². The Morgan fingerprint density at radius 2 is 2.00 bits per heavy atom. The van der Waals surface area contributed by atoms with Crippen LogP contribution >= 0.6 is 22.6 Å². The summed E-state index contributed by atoms with van der Waals surface area (Å²) >= 11 is 2.16. The summed E-state index contributed by atoms with van der Waals surface area (Å²) in [7, 11) is 0. The molecule has 0 heterocycles. The van der Waals surface area contributed by atoms with Gasteiger partial charge in [0.05, 0.1) is 6.54 Å². The smallest absolute Gasteiger partial charge is 0.251 e. The van der Waals surface area contributed by atoms with E-state index in [2.05, 4.69) is 27.9 Å². The lowest BCUT2D eigenvalue weighted by Gasteiger charge is -2.00. The van der Waals surface area contributed by atoms with Crippen LogP contribution in [0.1, 0.15) is 10.4 Å². The van der Waals surface area contributed by atoms with Crippen LogP contribution in [0.15, 0.2) is 24.3 Å². The molecule has 0 aliphatic carbocycles. The van der Waals surface area contributed by atoms with E-state index in [1.165, 1.54) is 0 Å². The van der Waals surface area contributed by atoms with Crippen molar-refractivity contribution in [2.75, 3.05) is 6.54 Å². The second-order valence-corrected chi connectivity index (χ2v) is 3.63. The quantitative estimate of drug-likeness (QED) is 0.671.